The Morgan fingerprint density at radius 2 is 1.72 bits per heavy atom. The molecule has 3 aromatic rings. The normalized spacial score (nSPS) is 20.2. The molecule has 0 spiro atoms. The molecule has 1 saturated carbocycles. The molecule has 8 nitrogen and oxygen atoms in total. The van der Waals surface area contributed by atoms with Crippen molar-refractivity contribution < 1.29 is 19.2 Å². The first-order valence-corrected chi connectivity index (χ1v) is 12.1. The molecule has 1 heterocycles. The average molecular weight is 485 g/mol. The topological polar surface area (TPSA) is 108 Å². The molecule has 3 aromatic carbocycles. The van der Waals surface area contributed by atoms with Crippen LogP contribution in [0.2, 0.25) is 0 Å². The van der Waals surface area contributed by atoms with E-state index >= 15 is 0 Å². The van der Waals surface area contributed by atoms with Gasteiger partial charge in [-0.05, 0) is 66.8 Å². The highest BCUT2D eigenvalue weighted by Crippen LogP contribution is 2.32. The van der Waals surface area contributed by atoms with Crippen LogP contribution < -0.4 is 16.0 Å². The molecule has 2 fully saturated rings. The zero-order chi connectivity index (χ0) is 25.4. The summed E-state index contributed by atoms with van der Waals surface area (Å²) in [6.45, 7) is 3.09. The molecule has 184 valence electrons. The maximum Gasteiger partial charge on any atom is 0.325 e. The number of carbonyl (C=O) groups is 4. The maximum absolute atomic E-state index is 13.3. The zero-order valence-electron chi connectivity index (χ0n) is 20.2. The van der Waals surface area contributed by atoms with Gasteiger partial charge in [-0.3, -0.25) is 19.3 Å². The second-order valence-electron chi connectivity index (χ2n) is 9.68. The van der Waals surface area contributed by atoms with Crippen LogP contribution in [0.4, 0.5) is 10.5 Å². The lowest BCUT2D eigenvalue weighted by atomic mass is 9.90. The quantitative estimate of drug-likeness (QED) is 0.443. The number of urea groups is 1. The summed E-state index contributed by atoms with van der Waals surface area (Å²) in [4.78, 5) is 51.6. The molecule has 2 aliphatic rings. The summed E-state index contributed by atoms with van der Waals surface area (Å²) >= 11 is 0. The lowest BCUT2D eigenvalue weighted by Gasteiger charge is -2.23. The van der Waals surface area contributed by atoms with E-state index in [2.05, 4.69) is 16.0 Å². The molecule has 0 bridgehead atoms. The number of imide groups is 1. The molecule has 3 N–H and O–H groups in total. The number of nitrogens with zero attached hydrogens (tertiary/aromatic N) is 1. The van der Waals surface area contributed by atoms with E-state index in [1.54, 1.807) is 19.1 Å². The van der Waals surface area contributed by atoms with Crippen molar-refractivity contribution in [3.8, 4) is 0 Å². The summed E-state index contributed by atoms with van der Waals surface area (Å²) in [6.07, 6.45) is 1.87. The van der Waals surface area contributed by atoms with Gasteiger partial charge in [0, 0.05) is 11.6 Å². The van der Waals surface area contributed by atoms with Gasteiger partial charge in [0.25, 0.3) is 5.91 Å². The van der Waals surface area contributed by atoms with E-state index in [9.17, 15) is 19.2 Å². The fourth-order valence-corrected chi connectivity index (χ4v) is 4.50. The van der Waals surface area contributed by atoms with Crippen LogP contribution in [0.3, 0.4) is 0 Å². The number of nitrogens with one attached hydrogen (secondary N) is 3. The highest BCUT2D eigenvalue weighted by Gasteiger charge is 2.49. The number of amides is 5. The van der Waals surface area contributed by atoms with Gasteiger partial charge in [-0.15, -0.1) is 0 Å². The van der Waals surface area contributed by atoms with Crippen LogP contribution in [-0.4, -0.2) is 35.2 Å². The van der Waals surface area contributed by atoms with Gasteiger partial charge in [-0.2, -0.15) is 0 Å². The van der Waals surface area contributed by atoms with Crippen LogP contribution in [0.5, 0.6) is 0 Å². The summed E-state index contributed by atoms with van der Waals surface area (Å²) in [5, 5.41) is 10.5. The first-order valence-electron chi connectivity index (χ1n) is 12.1. The van der Waals surface area contributed by atoms with Gasteiger partial charge in [-0.25, -0.2) is 4.79 Å². The highest BCUT2D eigenvalue weighted by atomic mass is 16.2. The standard InChI is InChI=1S/C28H28N4O4/c1-17(18-10-13-23(14-11-18)30-25(34)20-7-8-20)29-24(33)16-32-26(35)28(2,31-27(32)36)22-12-9-19-5-3-4-6-21(19)15-22/h3-6,9-15,17,20H,7-8,16H2,1-2H3,(H,29,33)(H,30,34)(H,31,36). The van der Waals surface area contributed by atoms with E-state index in [-0.39, 0.29) is 24.4 Å². The maximum atomic E-state index is 13.3. The summed E-state index contributed by atoms with van der Waals surface area (Å²) in [5.74, 6) is -0.758. The minimum absolute atomic E-state index is 0.0355. The van der Waals surface area contributed by atoms with Gasteiger partial charge in [0.15, 0.2) is 0 Å². The number of fused-ring (bicyclic) bond motifs is 1. The fourth-order valence-electron chi connectivity index (χ4n) is 4.50. The third kappa shape index (κ3) is 4.54. The van der Waals surface area contributed by atoms with Gasteiger partial charge in [0.2, 0.25) is 11.8 Å². The van der Waals surface area contributed by atoms with Gasteiger partial charge in [-0.1, -0.05) is 48.5 Å². The Hall–Kier alpha value is -4.20. The predicted molar refractivity (Wildman–Crippen MR) is 136 cm³/mol. The molecule has 1 aliphatic carbocycles. The molecule has 5 rings (SSSR count). The molecule has 2 atom stereocenters. The first kappa shape index (κ1) is 23.5. The minimum Gasteiger partial charge on any atom is -0.348 e. The van der Waals surface area contributed by atoms with Crippen molar-refractivity contribution in [3.63, 3.8) is 0 Å². The first-order chi connectivity index (χ1) is 17.2. The van der Waals surface area contributed by atoms with Gasteiger partial charge < -0.3 is 16.0 Å². The Labute approximate surface area is 209 Å². The number of hydrogen-bond acceptors (Lipinski definition) is 4. The van der Waals surface area contributed by atoms with Crippen LogP contribution in [0.25, 0.3) is 10.8 Å². The third-order valence-electron chi connectivity index (χ3n) is 6.91. The number of hydrogen-bond donors (Lipinski definition) is 3. The number of anilines is 1. The van der Waals surface area contributed by atoms with Crippen molar-refractivity contribution in [2.75, 3.05) is 11.9 Å². The molecule has 8 heteroatoms. The summed E-state index contributed by atoms with van der Waals surface area (Å²) in [6, 6.07) is 19.7. The second kappa shape index (κ2) is 9.11. The fraction of sp³-hybridized carbons (Fsp3) is 0.286. The van der Waals surface area contributed by atoms with Crippen LogP contribution in [0.1, 0.15) is 43.9 Å². The molecular formula is C28H28N4O4. The smallest absolute Gasteiger partial charge is 0.325 e. The van der Waals surface area contributed by atoms with Crippen molar-refractivity contribution in [1.29, 1.82) is 0 Å². The Bertz CT molecular complexity index is 1370. The third-order valence-corrected chi connectivity index (χ3v) is 6.91. The number of rotatable bonds is 7. The summed E-state index contributed by atoms with van der Waals surface area (Å²) < 4.78 is 0. The van der Waals surface area contributed by atoms with E-state index in [0.717, 1.165) is 34.1 Å². The molecule has 1 saturated heterocycles. The Morgan fingerprint density at radius 3 is 2.42 bits per heavy atom. The molecule has 0 aromatic heterocycles. The van der Waals surface area contributed by atoms with E-state index in [1.807, 2.05) is 61.5 Å². The summed E-state index contributed by atoms with van der Waals surface area (Å²) in [5.41, 5.74) is 0.949. The second-order valence-corrected chi connectivity index (χ2v) is 9.68. The van der Waals surface area contributed by atoms with Gasteiger partial charge in [0.05, 0.1) is 6.04 Å². The number of carbonyl (C=O) groups excluding carboxylic acids is 4. The van der Waals surface area contributed by atoms with Crippen molar-refractivity contribution in [1.82, 2.24) is 15.5 Å². The highest BCUT2D eigenvalue weighted by molar-refractivity contribution is 6.09. The lowest BCUT2D eigenvalue weighted by Crippen LogP contribution is -2.43. The monoisotopic (exact) mass is 484 g/mol. The van der Waals surface area contributed by atoms with Gasteiger partial charge in [0.1, 0.15) is 12.1 Å². The van der Waals surface area contributed by atoms with Crippen LogP contribution >= 0.6 is 0 Å². The average Bonchev–Trinajstić information content (AvgIpc) is 3.69. The van der Waals surface area contributed by atoms with Crippen molar-refractivity contribution >= 4 is 40.2 Å². The van der Waals surface area contributed by atoms with Crippen LogP contribution in [0, 0.1) is 5.92 Å². The van der Waals surface area contributed by atoms with E-state index in [1.165, 1.54) is 0 Å². The molecular weight excluding hydrogens is 456 g/mol. The Morgan fingerprint density at radius 1 is 1.03 bits per heavy atom. The lowest BCUT2D eigenvalue weighted by molar-refractivity contribution is -0.135. The van der Waals surface area contributed by atoms with Crippen molar-refractivity contribution in [2.24, 2.45) is 5.92 Å². The molecule has 36 heavy (non-hydrogen) atoms. The molecule has 0 radical (unpaired) electrons. The summed E-state index contributed by atoms with van der Waals surface area (Å²) in [7, 11) is 0. The van der Waals surface area contributed by atoms with E-state index < -0.39 is 23.4 Å². The van der Waals surface area contributed by atoms with Crippen molar-refractivity contribution in [3.05, 3.63) is 77.9 Å². The molecule has 1 aliphatic heterocycles. The van der Waals surface area contributed by atoms with Crippen LogP contribution in [0.15, 0.2) is 66.7 Å². The van der Waals surface area contributed by atoms with Crippen molar-refractivity contribution in [2.45, 2.75) is 38.3 Å². The zero-order valence-corrected chi connectivity index (χ0v) is 20.2. The molecule has 5 amide bonds. The SMILES string of the molecule is CC(NC(=O)CN1C(=O)NC(C)(c2ccc3ccccc3c2)C1=O)c1ccc(NC(=O)C2CC2)cc1. The van der Waals surface area contributed by atoms with Gasteiger partial charge >= 0.3 is 6.03 Å². The van der Waals surface area contributed by atoms with Crippen LogP contribution in [-0.2, 0) is 19.9 Å². The van der Waals surface area contributed by atoms with E-state index in [0.29, 0.717) is 11.3 Å². The Kier molecular flexibility index (Phi) is 5.96. The number of benzene rings is 3. The predicted octanol–water partition coefficient (Wildman–Crippen LogP) is 3.83. The Balaban J connectivity index is 1.22. The minimum atomic E-state index is -1.26. The largest absolute Gasteiger partial charge is 0.348 e. The van der Waals surface area contributed by atoms with E-state index in [4.69, 9.17) is 0 Å². The molecule has 2 unspecified atom stereocenters.